The van der Waals surface area contributed by atoms with Gasteiger partial charge in [0.15, 0.2) is 5.11 Å². The predicted octanol–water partition coefficient (Wildman–Crippen LogP) is 2.76. The van der Waals surface area contributed by atoms with E-state index in [9.17, 15) is 9.18 Å². The Bertz CT molecular complexity index is 472. The zero-order valence-electron chi connectivity index (χ0n) is 10.6. The Hall–Kier alpha value is -1.49. The number of rotatable bonds is 2. The van der Waals surface area contributed by atoms with Gasteiger partial charge in [-0.1, -0.05) is 31.4 Å². The Morgan fingerprint density at radius 2 is 1.89 bits per heavy atom. The largest absolute Gasteiger partial charge is 0.360 e. The first kappa shape index (κ1) is 13.9. The van der Waals surface area contributed by atoms with Crippen LogP contribution in [0.5, 0.6) is 0 Å². The highest BCUT2D eigenvalue weighted by atomic mass is 32.1. The summed E-state index contributed by atoms with van der Waals surface area (Å²) in [6.45, 7) is 0. The van der Waals surface area contributed by atoms with Crippen LogP contribution >= 0.6 is 12.2 Å². The molecule has 0 heterocycles. The number of carbonyl (C=O) groups is 1. The summed E-state index contributed by atoms with van der Waals surface area (Å²) in [5.41, 5.74) is 0.00953. The molecule has 1 fully saturated rings. The van der Waals surface area contributed by atoms with Crippen molar-refractivity contribution in [1.82, 2.24) is 10.6 Å². The van der Waals surface area contributed by atoms with Crippen LogP contribution in [-0.2, 0) is 0 Å². The third kappa shape index (κ3) is 3.99. The number of amides is 1. The third-order valence-electron chi connectivity index (χ3n) is 3.29. The quantitative estimate of drug-likeness (QED) is 0.819. The zero-order chi connectivity index (χ0) is 13.7. The summed E-state index contributed by atoms with van der Waals surface area (Å²) in [4.78, 5) is 11.8. The Labute approximate surface area is 117 Å². The van der Waals surface area contributed by atoms with Gasteiger partial charge in [-0.3, -0.25) is 10.1 Å². The summed E-state index contributed by atoms with van der Waals surface area (Å²) < 4.78 is 13.4. The summed E-state index contributed by atoms with van der Waals surface area (Å²) in [7, 11) is 0. The summed E-state index contributed by atoms with van der Waals surface area (Å²) in [6, 6.07) is 6.18. The molecule has 1 aliphatic carbocycles. The highest BCUT2D eigenvalue weighted by molar-refractivity contribution is 7.80. The fourth-order valence-electron chi connectivity index (χ4n) is 2.28. The molecule has 1 saturated carbocycles. The minimum Gasteiger partial charge on any atom is -0.360 e. The van der Waals surface area contributed by atoms with Gasteiger partial charge in [-0.05, 0) is 37.2 Å². The van der Waals surface area contributed by atoms with Crippen molar-refractivity contribution in [2.24, 2.45) is 0 Å². The normalized spacial score (nSPS) is 15.8. The smallest absolute Gasteiger partial charge is 0.260 e. The summed E-state index contributed by atoms with van der Waals surface area (Å²) in [5.74, 6) is -1.05. The van der Waals surface area contributed by atoms with Crippen LogP contribution in [0.1, 0.15) is 42.5 Å². The molecule has 0 aliphatic heterocycles. The molecule has 3 nitrogen and oxygen atoms in total. The van der Waals surface area contributed by atoms with E-state index in [-0.39, 0.29) is 10.7 Å². The van der Waals surface area contributed by atoms with E-state index < -0.39 is 11.7 Å². The second kappa shape index (κ2) is 6.61. The van der Waals surface area contributed by atoms with Crippen molar-refractivity contribution in [3.8, 4) is 0 Å². The fourth-order valence-corrected chi connectivity index (χ4v) is 2.54. The van der Waals surface area contributed by atoms with E-state index in [1.807, 2.05) is 0 Å². The summed E-state index contributed by atoms with van der Waals surface area (Å²) >= 11 is 5.09. The first-order valence-corrected chi connectivity index (χ1v) is 6.94. The maximum atomic E-state index is 13.4. The molecular formula is C14H17FN2OS. The minimum absolute atomic E-state index is 0.00953. The summed E-state index contributed by atoms with van der Waals surface area (Å²) in [5, 5.41) is 5.92. The number of hydrogen-bond acceptors (Lipinski definition) is 2. The molecule has 1 amide bonds. The minimum atomic E-state index is -0.541. The molecule has 1 aliphatic rings. The molecule has 1 aromatic rings. The fraction of sp³-hybridized carbons (Fsp3) is 0.429. The van der Waals surface area contributed by atoms with E-state index >= 15 is 0 Å². The zero-order valence-corrected chi connectivity index (χ0v) is 11.4. The molecule has 0 saturated heterocycles. The monoisotopic (exact) mass is 280 g/mol. The first-order chi connectivity index (χ1) is 9.16. The van der Waals surface area contributed by atoms with E-state index in [0.717, 1.165) is 12.8 Å². The number of hydrogen-bond donors (Lipinski definition) is 2. The van der Waals surface area contributed by atoms with Crippen molar-refractivity contribution in [2.45, 2.75) is 38.1 Å². The second-order valence-electron chi connectivity index (χ2n) is 4.74. The van der Waals surface area contributed by atoms with Crippen LogP contribution in [0, 0.1) is 5.82 Å². The highest BCUT2D eigenvalue weighted by Gasteiger charge is 2.16. The van der Waals surface area contributed by atoms with Crippen LogP contribution in [0.25, 0.3) is 0 Å². The van der Waals surface area contributed by atoms with Crippen LogP contribution in [-0.4, -0.2) is 17.1 Å². The standard InChI is InChI=1S/C14H17FN2OS/c15-12-9-5-4-8-11(12)13(18)17-14(19)16-10-6-2-1-3-7-10/h4-5,8-10H,1-3,6-7H2,(H2,16,17,18,19). The average Bonchev–Trinajstić information content (AvgIpc) is 2.40. The molecule has 0 bridgehead atoms. The molecule has 0 radical (unpaired) electrons. The van der Waals surface area contributed by atoms with Gasteiger partial charge in [-0.25, -0.2) is 4.39 Å². The molecule has 0 atom stereocenters. The molecule has 1 aromatic carbocycles. The van der Waals surface area contributed by atoms with Gasteiger partial charge in [-0.2, -0.15) is 0 Å². The molecule has 102 valence electrons. The molecule has 0 unspecified atom stereocenters. The Morgan fingerprint density at radius 3 is 2.58 bits per heavy atom. The van der Waals surface area contributed by atoms with E-state index in [1.54, 1.807) is 12.1 Å². The number of carbonyl (C=O) groups excluding carboxylic acids is 1. The van der Waals surface area contributed by atoms with Crippen molar-refractivity contribution in [1.29, 1.82) is 0 Å². The topological polar surface area (TPSA) is 41.1 Å². The number of thiocarbonyl (C=S) groups is 1. The van der Waals surface area contributed by atoms with Gasteiger partial charge in [0.2, 0.25) is 0 Å². The van der Waals surface area contributed by atoms with Crippen LogP contribution < -0.4 is 10.6 Å². The molecule has 19 heavy (non-hydrogen) atoms. The lowest BCUT2D eigenvalue weighted by atomic mass is 9.96. The molecule has 2 N–H and O–H groups in total. The Morgan fingerprint density at radius 1 is 1.21 bits per heavy atom. The van der Waals surface area contributed by atoms with Crippen molar-refractivity contribution >= 4 is 23.2 Å². The van der Waals surface area contributed by atoms with E-state index in [2.05, 4.69) is 10.6 Å². The van der Waals surface area contributed by atoms with Gasteiger partial charge >= 0.3 is 0 Å². The first-order valence-electron chi connectivity index (χ1n) is 6.53. The SMILES string of the molecule is O=C(NC(=S)NC1CCCCC1)c1ccccc1F. The average molecular weight is 280 g/mol. The van der Waals surface area contributed by atoms with Gasteiger partial charge in [0.05, 0.1) is 5.56 Å². The van der Waals surface area contributed by atoms with Gasteiger partial charge in [0, 0.05) is 6.04 Å². The molecule has 5 heteroatoms. The van der Waals surface area contributed by atoms with E-state index in [1.165, 1.54) is 31.4 Å². The van der Waals surface area contributed by atoms with Crippen molar-refractivity contribution in [3.63, 3.8) is 0 Å². The van der Waals surface area contributed by atoms with Crippen LogP contribution in [0.2, 0.25) is 0 Å². The van der Waals surface area contributed by atoms with E-state index in [0.29, 0.717) is 6.04 Å². The van der Waals surface area contributed by atoms with Gasteiger partial charge in [0.25, 0.3) is 5.91 Å². The lowest BCUT2D eigenvalue weighted by Gasteiger charge is -2.24. The van der Waals surface area contributed by atoms with Crippen molar-refractivity contribution < 1.29 is 9.18 Å². The van der Waals surface area contributed by atoms with Crippen LogP contribution in [0.4, 0.5) is 4.39 Å². The highest BCUT2D eigenvalue weighted by Crippen LogP contribution is 2.17. The van der Waals surface area contributed by atoms with Crippen LogP contribution in [0.3, 0.4) is 0 Å². The van der Waals surface area contributed by atoms with Crippen LogP contribution in [0.15, 0.2) is 24.3 Å². The maximum Gasteiger partial charge on any atom is 0.260 e. The molecule has 0 spiro atoms. The Kier molecular flexibility index (Phi) is 4.85. The maximum absolute atomic E-state index is 13.4. The van der Waals surface area contributed by atoms with Gasteiger partial charge < -0.3 is 5.32 Å². The Balaban J connectivity index is 1.88. The van der Waals surface area contributed by atoms with Gasteiger partial charge in [0.1, 0.15) is 5.82 Å². The van der Waals surface area contributed by atoms with Gasteiger partial charge in [-0.15, -0.1) is 0 Å². The number of benzene rings is 1. The summed E-state index contributed by atoms with van der Waals surface area (Å²) in [6.07, 6.45) is 5.75. The van der Waals surface area contributed by atoms with Crippen molar-refractivity contribution in [3.05, 3.63) is 35.6 Å². The number of nitrogens with one attached hydrogen (secondary N) is 2. The molecule has 0 aromatic heterocycles. The van der Waals surface area contributed by atoms with Crippen molar-refractivity contribution in [2.75, 3.05) is 0 Å². The molecular weight excluding hydrogens is 263 g/mol. The third-order valence-corrected chi connectivity index (χ3v) is 3.51. The number of halogens is 1. The van der Waals surface area contributed by atoms with E-state index in [4.69, 9.17) is 12.2 Å². The lowest BCUT2D eigenvalue weighted by Crippen LogP contribution is -2.45. The lowest BCUT2D eigenvalue weighted by molar-refractivity contribution is 0.0972. The molecule has 2 rings (SSSR count). The second-order valence-corrected chi connectivity index (χ2v) is 5.15. The predicted molar refractivity (Wildman–Crippen MR) is 76.5 cm³/mol.